The largest absolute Gasteiger partial charge is 0.330 e. The van der Waals surface area contributed by atoms with Gasteiger partial charge in [0.1, 0.15) is 5.78 Å². The van der Waals surface area contributed by atoms with Crippen molar-refractivity contribution in [2.45, 2.75) is 78.1 Å². The summed E-state index contributed by atoms with van der Waals surface area (Å²) in [4.78, 5) is 12.5. The lowest BCUT2D eigenvalue weighted by molar-refractivity contribution is -0.132. The molecule has 0 aromatic heterocycles. The van der Waals surface area contributed by atoms with E-state index in [1.165, 1.54) is 32.1 Å². The van der Waals surface area contributed by atoms with Gasteiger partial charge in [-0.3, -0.25) is 4.79 Å². The zero-order valence-electron chi connectivity index (χ0n) is 16.8. The van der Waals surface area contributed by atoms with E-state index in [2.05, 4.69) is 32.1 Å². The standard InChI is InChI=1S/C24H37NO/c1-23-13-11-17(6-4-3-5-15-25)16-18(23)7-8-19-20-9-10-22(26)24(20,2)14-12-21(19)23/h4,6,16-17,19-21H,3,5,7-15,25H2,1-2H3. The topological polar surface area (TPSA) is 43.1 Å². The molecule has 0 radical (unpaired) electrons. The molecule has 3 fully saturated rings. The second-order valence-corrected chi connectivity index (χ2v) is 10.0. The van der Waals surface area contributed by atoms with Crippen LogP contribution in [0, 0.1) is 34.5 Å². The number of fused-ring (bicyclic) bond motifs is 5. The van der Waals surface area contributed by atoms with Crippen LogP contribution in [-0.2, 0) is 4.79 Å². The summed E-state index contributed by atoms with van der Waals surface area (Å²) in [5.74, 6) is 3.47. The first kappa shape index (κ1) is 18.5. The molecule has 144 valence electrons. The Labute approximate surface area is 159 Å². The second-order valence-electron chi connectivity index (χ2n) is 10.0. The number of hydrogen-bond donors (Lipinski definition) is 1. The first-order valence-electron chi connectivity index (χ1n) is 11.1. The van der Waals surface area contributed by atoms with E-state index < -0.39 is 0 Å². The van der Waals surface area contributed by atoms with Crippen LogP contribution in [0.15, 0.2) is 23.8 Å². The molecular weight excluding hydrogens is 318 g/mol. The van der Waals surface area contributed by atoms with Crippen LogP contribution in [0.4, 0.5) is 0 Å². The third-order valence-electron chi connectivity index (χ3n) is 8.82. The molecule has 6 unspecified atom stereocenters. The average molecular weight is 356 g/mol. The fourth-order valence-corrected chi connectivity index (χ4v) is 7.18. The highest BCUT2D eigenvalue weighted by Gasteiger charge is 2.58. The molecule has 0 amide bonds. The van der Waals surface area contributed by atoms with Crippen LogP contribution in [0.2, 0.25) is 0 Å². The molecule has 6 atom stereocenters. The molecule has 4 aliphatic rings. The summed E-state index contributed by atoms with van der Waals surface area (Å²) in [5.41, 5.74) is 7.76. The predicted octanol–water partition coefficient (Wildman–Crippen LogP) is 5.43. The number of hydrogen-bond acceptors (Lipinski definition) is 2. The van der Waals surface area contributed by atoms with Gasteiger partial charge in [-0.1, -0.05) is 37.6 Å². The molecule has 0 saturated heterocycles. The van der Waals surface area contributed by atoms with Crippen LogP contribution in [0.1, 0.15) is 78.1 Å². The van der Waals surface area contributed by atoms with E-state index in [-0.39, 0.29) is 5.41 Å². The Hall–Kier alpha value is -0.890. The summed E-state index contributed by atoms with van der Waals surface area (Å²) in [6, 6.07) is 0. The summed E-state index contributed by atoms with van der Waals surface area (Å²) in [5, 5.41) is 0. The van der Waals surface area contributed by atoms with Gasteiger partial charge in [0.25, 0.3) is 0 Å². The van der Waals surface area contributed by atoms with E-state index >= 15 is 0 Å². The Kier molecular flexibility index (Phi) is 4.92. The Morgan fingerprint density at radius 1 is 1.08 bits per heavy atom. The van der Waals surface area contributed by atoms with Crippen molar-refractivity contribution in [1.29, 1.82) is 0 Å². The van der Waals surface area contributed by atoms with Crippen molar-refractivity contribution in [2.24, 2.45) is 40.2 Å². The molecule has 0 aliphatic heterocycles. The number of unbranched alkanes of at least 4 members (excludes halogenated alkanes) is 1. The normalized spacial score (nSPS) is 45.2. The Morgan fingerprint density at radius 3 is 2.65 bits per heavy atom. The average Bonchev–Trinajstić information content (AvgIpc) is 2.94. The van der Waals surface area contributed by atoms with Gasteiger partial charge in [0.05, 0.1) is 0 Å². The van der Waals surface area contributed by atoms with Gasteiger partial charge in [-0.2, -0.15) is 0 Å². The molecule has 4 rings (SSSR count). The van der Waals surface area contributed by atoms with Crippen LogP contribution in [-0.4, -0.2) is 12.3 Å². The smallest absolute Gasteiger partial charge is 0.139 e. The van der Waals surface area contributed by atoms with Crippen molar-refractivity contribution in [3.63, 3.8) is 0 Å². The van der Waals surface area contributed by atoms with Crippen LogP contribution in [0.25, 0.3) is 0 Å². The van der Waals surface area contributed by atoms with E-state index in [0.29, 0.717) is 23.0 Å². The van der Waals surface area contributed by atoms with Gasteiger partial charge in [0, 0.05) is 11.8 Å². The molecule has 2 nitrogen and oxygen atoms in total. The fourth-order valence-electron chi connectivity index (χ4n) is 7.18. The number of rotatable bonds is 4. The molecule has 4 aliphatic carbocycles. The van der Waals surface area contributed by atoms with E-state index in [0.717, 1.165) is 50.5 Å². The van der Waals surface area contributed by atoms with E-state index in [1.807, 2.05) is 0 Å². The van der Waals surface area contributed by atoms with Crippen LogP contribution < -0.4 is 5.73 Å². The minimum atomic E-state index is 0.0156. The van der Waals surface area contributed by atoms with Gasteiger partial charge >= 0.3 is 0 Å². The first-order valence-corrected chi connectivity index (χ1v) is 11.1. The minimum absolute atomic E-state index is 0.0156. The van der Waals surface area contributed by atoms with Crippen LogP contribution in [0.3, 0.4) is 0 Å². The van der Waals surface area contributed by atoms with E-state index in [4.69, 9.17) is 5.73 Å². The van der Waals surface area contributed by atoms with Gasteiger partial charge in [-0.15, -0.1) is 0 Å². The highest BCUT2D eigenvalue weighted by Crippen LogP contribution is 2.64. The van der Waals surface area contributed by atoms with E-state index in [9.17, 15) is 4.79 Å². The molecule has 0 bridgehead atoms. The van der Waals surface area contributed by atoms with Crippen molar-refractivity contribution >= 4 is 5.78 Å². The number of allylic oxidation sites excluding steroid dienone is 4. The fraction of sp³-hybridized carbons (Fsp3) is 0.792. The van der Waals surface area contributed by atoms with Crippen molar-refractivity contribution < 1.29 is 4.79 Å². The predicted molar refractivity (Wildman–Crippen MR) is 108 cm³/mol. The number of ketones is 1. The molecule has 2 heteroatoms. The zero-order chi connectivity index (χ0) is 18.4. The van der Waals surface area contributed by atoms with E-state index in [1.54, 1.807) is 5.57 Å². The lowest BCUT2D eigenvalue weighted by Gasteiger charge is -2.57. The Balaban J connectivity index is 1.52. The summed E-state index contributed by atoms with van der Waals surface area (Å²) < 4.78 is 0. The number of Topliss-reactive ketones (excluding diaryl/α,β-unsaturated/α-hetero) is 1. The maximum Gasteiger partial charge on any atom is 0.139 e. The zero-order valence-corrected chi connectivity index (χ0v) is 16.8. The molecule has 3 saturated carbocycles. The van der Waals surface area contributed by atoms with Crippen LogP contribution >= 0.6 is 0 Å². The number of carbonyl (C=O) groups is 1. The monoisotopic (exact) mass is 355 g/mol. The molecule has 2 N–H and O–H groups in total. The maximum absolute atomic E-state index is 12.5. The lowest BCUT2D eigenvalue weighted by Crippen LogP contribution is -2.50. The SMILES string of the molecule is CC12CCC3C(CCC4=CC(C=CCCCN)CCC43C)C1CCC2=O. The quantitative estimate of drug-likeness (QED) is 0.540. The molecule has 0 spiro atoms. The Morgan fingerprint density at radius 2 is 1.85 bits per heavy atom. The second kappa shape index (κ2) is 6.93. The van der Waals surface area contributed by atoms with Gasteiger partial charge < -0.3 is 5.73 Å². The molecule has 0 aromatic rings. The van der Waals surface area contributed by atoms with Crippen molar-refractivity contribution in [3.8, 4) is 0 Å². The molecule has 0 heterocycles. The third-order valence-corrected chi connectivity index (χ3v) is 8.82. The Bertz CT molecular complexity index is 620. The number of nitrogens with two attached hydrogens (primary N) is 1. The molecule has 26 heavy (non-hydrogen) atoms. The van der Waals surface area contributed by atoms with Crippen molar-refractivity contribution in [1.82, 2.24) is 0 Å². The van der Waals surface area contributed by atoms with Gasteiger partial charge in [0.15, 0.2) is 0 Å². The van der Waals surface area contributed by atoms with Gasteiger partial charge in [-0.25, -0.2) is 0 Å². The van der Waals surface area contributed by atoms with Crippen molar-refractivity contribution in [2.75, 3.05) is 6.54 Å². The van der Waals surface area contributed by atoms with Crippen molar-refractivity contribution in [3.05, 3.63) is 23.8 Å². The molecular formula is C24H37NO. The van der Waals surface area contributed by atoms with Crippen LogP contribution in [0.5, 0.6) is 0 Å². The first-order chi connectivity index (χ1) is 12.5. The van der Waals surface area contributed by atoms with Gasteiger partial charge in [-0.05, 0) is 93.4 Å². The molecule has 0 aromatic carbocycles. The third kappa shape index (κ3) is 2.84. The highest BCUT2D eigenvalue weighted by atomic mass is 16.1. The summed E-state index contributed by atoms with van der Waals surface area (Å²) in [7, 11) is 0. The highest BCUT2D eigenvalue weighted by molar-refractivity contribution is 5.87. The summed E-state index contributed by atoms with van der Waals surface area (Å²) in [6.45, 7) is 5.64. The van der Waals surface area contributed by atoms with Gasteiger partial charge in [0.2, 0.25) is 0 Å². The lowest BCUT2D eigenvalue weighted by atomic mass is 9.47. The summed E-state index contributed by atoms with van der Waals surface area (Å²) >= 11 is 0. The summed E-state index contributed by atoms with van der Waals surface area (Å²) in [6.07, 6.45) is 19.3. The number of carbonyl (C=O) groups excluding carboxylic acids is 1. The minimum Gasteiger partial charge on any atom is -0.330 e. The maximum atomic E-state index is 12.5.